The van der Waals surface area contributed by atoms with Gasteiger partial charge in [0, 0.05) is 18.2 Å². The van der Waals surface area contributed by atoms with E-state index in [1.54, 1.807) is 19.1 Å². The van der Waals surface area contributed by atoms with Gasteiger partial charge in [-0.05, 0) is 19.4 Å². The van der Waals surface area contributed by atoms with E-state index in [9.17, 15) is 18.9 Å². The second-order valence-corrected chi connectivity index (χ2v) is 8.73. The number of aliphatic hydroxyl groups excluding tert-OH is 1. The molecule has 9 nitrogen and oxygen atoms in total. The number of amides is 1. The summed E-state index contributed by atoms with van der Waals surface area (Å²) in [7, 11) is -4.73. The van der Waals surface area contributed by atoms with E-state index >= 15 is 4.39 Å². The van der Waals surface area contributed by atoms with Crippen LogP contribution in [0.25, 0.3) is 0 Å². The number of aryl methyl sites for hydroxylation is 2. The van der Waals surface area contributed by atoms with Crippen molar-refractivity contribution in [1.29, 1.82) is 0 Å². The molecule has 3 aliphatic heterocycles. The molecule has 0 aromatic heterocycles. The minimum absolute atomic E-state index is 0.132. The second-order valence-electron chi connectivity index (χ2n) is 7.21. The highest BCUT2D eigenvalue weighted by molar-refractivity contribution is 7.49. The van der Waals surface area contributed by atoms with Crippen LogP contribution in [0, 0.1) is 13.8 Å². The Kier molecular flexibility index (Phi) is 4.53. The average molecular weight is 461 g/mol. The minimum atomic E-state index is -4.73. The number of phosphoric acid groups is 1. The smallest absolute Gasteiger partial charge is 0.403 e. The van der Waals surface area contributed by atoms with Gasteiger partial charge in [-0.15, -0.1) is 0 Å². The normalized spacial score (nSPS) is 37.2. The van der Waals surface area contributed by atoms with E-state index in [1.807, 2.05) is 12.2 Å². The van der Waals surface area contributed by atoms with Gasteiger partial charge in [-0.1, -0.05) is 24.3 Å². The summed E-state index contributed by atoms with van der Waals surface area (Å²) < 4.78 is 87.2. The minimum Gasteiger partial charge on any atom is -0.403 e. The number of hydrogen-bond donors (Lipinski definition) is 2. The predicted octanol–water partition coefficient (Wildman–Crippen LogP) is 2.82. The first-order chi connectivity index (χ1) is 15.6. The van der Waals surface area contributed by atoms with Crippen LogP contribution in [-0.4, -0.2) is 40.6 Å². The fraction of sp³-hybridized carbons (Fsp3) is 0.421. The molecule has 1 saturated heterocycles. The average Bonchev–Trinajstić information content (AvgIpc) is 2.95. The molecular weight excluding hydrogens is 437 g/mol. The van der Waals surface area contributed by atoms with E-state index in [1.165, 1.54) is 0 Å². The molecule has 0 radical (unpaired) electrons. The highest BCUT2D eigenvalue weighted by Gasteiger charge is 2.52. The molecule has 3 aliphatic rings. The summed E-state index contributed by atoms with van der Waals surface area (Å²) in [6, 6.07) is 3.43. The monoisotopic (exact) mass is 461 g/mol. The highest BCUT2D eigenvalue weighted by atomic mass is 31.2. The third-order valence-electron chi connectivity index (χ3n) is 4.64. The number of benzene rings is 1. The van der Waals surface area contributed by atoms with Gasteiger partial charge in [0.2, 0.25) is 11.7 Å². The molecule has 1 aromatic rings. The molecular formula is C19H21F2N2O7P. The molecule has 1 fully saturated rings. The Bertz CT molecular complexity index is 1170. The number of ether oxygens (including phenoxy) is 1. The maximum Gasteiger partial charge on any atom is 0.530 e. The molecule has 168 valence electrons. The number of rotatable bonds is 4. The first-order valence-electron chi connectivity index (χ1n) is 10.6. The largest absolute Gasteiger partial charge is 0.530 e. The van der Waals surface area contributed by atoms with Crippen molar-refractivity contribution in [3.63, 3.8) is 0 Å². The molecule has 1 unspecified atom stereocenters. The SMILES string of the molecule is [2H]C([2H])(OP1(=O)OCc2cc(C)cc(C)c2O1)[C@]1(F)C[C@@H](O)[C@]([2H])(N2C=C(F)C(=O)NC2=C)O1. The van der Waals surface area contributed by atoms with Gasteiger partial charge in [0.05, 0.1) is 10.7 Å². The molecule has 0 aliphatic carbocycles. The van der Waals surface area contributed by atoms with E-state index in [0.29, 0.717) is 22.2 Å². The molecule has 1 amide bonds. The zero-order chi connectivity index (χ0) is 25.3. The Morgan fingerprint density at radius 1 is 1.55 bits per heavy atom. The van der Waals surface area contributed by atoms with E-state index in [0.717, 1.165) is 5.56 Å². The van der Waals surface area contributed by atoms with Gasteiger partial charge in [-0.3, -0.25) is 13.8 Å². The van der Waals surface area contributed by atoms with Crippen molar-refractivity contribution in [3.8, 4) is 5.75 Å². The maximum atomic E-state index is 15.8. The van der Waals surface area contributed by atoms with Crippen LogP contribution in [0.3, 0.4) is 0 Å². The Labute approximate surface area is 181 Å². The lowest BCUT2D eigenvalue weighted by molar-refractivity contribution is -0.184. The zero-order valence-corrected chi connectivity index (χ0v) is 17.4. The number of aliphatic hydroxyl groups is 1. The third-order valence-corrected chi connectivity index (χ3v) is 5.81. The first-order valence-corrected chi connectivity index (χ1v) is 10.5. The van der Waals surface area contributed by atoms with Crippen LogP contribution in [0.1, 0.15) is 27.2 Å². The summed E-state index contributed by atoms with van der Waals surface area (Å²) in [6.45, 7) is 3.03. The van der Waals surface area contributed by atoms with E-state index in [2.05, 4.69) is 6.58 Å². The number of phosphoric ester groups is 1. The highest BCUT2D eigenvalue weighted by Crippen LogP contribution is 2.56. The van der Waals surface area contributed by atoms with Crippen molar-refractivity contribution in [2.75, 3.05) is 6.56 Å². The summed E-state index contributed by atoms with van der Waals surface area (Å²) in [5.41, 5.74) is 1.97. The summed E-state index contributed by atoms with van der Waals surface area (Å²) >= 11 is 0. The lowest BCUT2D eigenvalue weighted by Gasteiger charge is -2.33. The van der Waals surface area contributed by atoms with Crippen molar-refractivity contribution in [2.45, 2.75) is 45.0 Å². The van der Waals surface area contributed by atoms with Gasteiger partial charge in [0.25, 0.3) is 5.91 Å². The number of alkyl halides is 1. The molecule has 2 N–H and O–H groups in total. The lowest BCUT2D eigenvalue weighted by atomic mass is 10.1. The molecule has 12 heteroatoms. The van der Waals surface area contributed by atoms with Crippen LogP contribution in [0.15, 0.2) is 36.6 Å². The van der Waals surface area contributed by atoms with E-state index < -0.39 is 56.5 Å². The number of hydrogen-bond acceptors (Lipinski definition) is 8. The number of carbonyl (C=O) groups excluding carboxylic acids is 1. The number of nitrogens with zero attached hydrogens (tertiary/aromatic N) is 1. The fourth-order valence-corrected chi connectivity index (χ4v) is 4.49. The van der Waals surface area contributed by atoms with Gasteiger partial charge >= 0.3 is 7.82 Å². The molecule has 3 heterocycles. The standard InChI is InChI=1S/C19H21F2N2O7P/c1-10-4-11(2)16-13(5-10)8-27-31(26,30-16)28-9-19(21)6-15(24)18(29-19)23-7-14(20)17(25)22-12(23)3/h4-5,7,15,18,24H,3,6,8-9H2,1-2H3,(H,22,25)/t15-,18-,19+,31?/m1/s1/i9D2,18D. The molecule has 0 bridgehead atoms. The van der Waals surface area contributed by atoms with Gasteiger partial charge in [-0.25, -0.2) is 8.96 Å². The van der Waals surface area contributed by atoms with Gasteiger partial charge in [0.15, 0.2) is 6.20 Å². The number of fused-ring (bicyclic) bond motifs is 1. The summed E-state index contributed by atoms with van der Waals surface area (Å²) in [6.07, 6.45) is -5.69. The van der Waals surface area contributed by atoms with Crippen molar-refractivity contribution in [1.82, 2.24) is 10.2 Å². The van der Waals surface area contributed by atoms with Crippen LogP contribution in [0.5, 0.6) is 5.75 Å². The fourth-order valence-electron chi connectivity index (χ4n) is 3.32. The lowest BCUT2D eigenvalue weighted by Crippen LogP contribution is -2.46. The maximum absolute atomic E-state index is 15.8. The Morgan fingerprint density at radius 3 is 3.03 bits per heavy atom. The number of nitrogens with one attached hydrogen (secondary N) is 1. The molecule has 4 rings (SSSR count). The third kappa shape index (κ3) is 4.24. The Hall–Kier alpha value is -2.30. The van der Waals surface area contributed by atoms with Gasteiger partial charge < -0.3 is 24.6 Å². The molecule has 31 heavy (non-hydrogen) atoms. The Morgan fingerprint density at radius 2 is 2.29 bits per heavy atom. The summed E-state index contributed by atoms with van der Waals surface area (Å²) in [5, 5.41) is 12.3. The molecule has 0 spiro atoms. The molecule has 0 saturated carbocycles. The van der Waals surface area contributed by atoms with Crippen molar-refractivity contribution in [2.24, 2.45) is 0 Å². The van der Waals surface area contributed by atoms with Crippen molar-refractivity contribution >= 4 is 13.7 Å². The van der Waals surface area contributed by atoms with Gasteiger partial charge in [0.1, 0.15) is 24.2 Å². The van der Waals surface area contributed by atoms with Crippen molar-refractivity contribution < 1.29 is 45.7 Å². The quantitative estimate of drug-likeness (QED) is 0.660. The summed E-state index contributed by atoms with van der Waals surface area (Å²) in [4.78, 5) is 11.9. The van der Waals surface area contributed by atoms with Crippen molar-refractivity contribution in [3.05, 3.63) is 53.2 Å². The van der Waals surface area contributed by atoms with E-state index in [-0.39, 0.29) is 12.4 Å². The van der Waals surface area contributed by atoms with Crippen LogP contribution < -0.4 is 9.84 Å². The molecule has 4 atom stereocenters. The van der Waals surface area contributed by atoms with Crippen LogP contribution in [-0.2, 0) is 29.8 Å². The predicted molar refractivity (Wildman–Crippen MR) is 103 cm³/mol. The van der Waals surface area contributed by atoms with E-state index in [4.69, 9.17) is 22.4 Å². The number of carbonyl (C=O) groups is 1. The number of halogens is 2. The topological polar surface area (TPSA) is 107 Å². The van der Waals surface area contributed by atoms with Crippen LogP contribution in [0.2, 0.25) is 0 Å². The zero-order valence-electron chi connectivity index (χ0n) is 19.5. The molecule has 1 aromatic carbocycles. The second kappa shape index (κ2) is 7.68. The van der Waals surface area contributed by atoms with Crippen LogP contribution in [0.4, 0.5) is 8.78 Å². The van der Waals surface area contributed by atoms with Crippen LogP contribution >= 0.6 is 7.82 Å². The van der Waals surface area contributed by atoms with Gasteiger partial charge in [-0.2, -0.15) is 4.39 Å². The summed E-state index contributed by atoms with van der Waals surface area (Å²) in [5.74, 6) is -6.44. The first kappa shape index (κ1) is 18.3. The Balaban J connectivity index is 1.60.